The van der Waals surface area contributed by atoms with Crippen molar-refractivity contribution in [2.24, 2.45) is 17.8 Å². The summed E-state index contributed by atoms with van der Waals surface area (Å²) in [7, 11) is 0. The van der Waals surface area contributed by atoms with E-state index in [1.54, 1.807) is 0 Å². The first kappa shape index (κ1) is 9.47. The third kappa shape index (κ3) is 2.23. The van der Waals surface area contributed by atoms with Crippen LogP contribution in [0.3, 0.4) is 0 Å². The number of hydrogen-bond acceptors (Lipinski definition) is 2. The molecule has 1 N–H and O–H groups in total. The van der Waals surface area contributed by atoms with Crippen LogP contribution in [0.5, 0.6) is 0 Å². The van der Waals surface area contributed by atoms with Gasteiger partial charge in [0.1, 0.15) is 0 Å². The molecule has 2 aliphatic rings. The molecule has 2 heterocycles. The summed E-state index contributed by atoms with van der Waals surface area (Å²) in [5.41, 5.74) is 0. The molecule has 2 nitrogen and oxygen atoms in total. The highest BCUT2D eigenvalue weighted by molar-refractivity contribution is 4.83. The molecule has 0 spiro atoms. The van der Waals surface area contributed by atoms with Crippen LogP contribution >= 0.6 is 0 Å². The number of rotatable bonds is 3. The van der Waals surface area contributed by atoms with Crippen LogP contribution in [0.1, 0.15) is 20.3 Å². The normalized spacial score (nSPS) is 33.2. The van der Waals surface area contributed by atoms with Gasteiger partial charge in [0.05, 0.1) is 0 Å². The van der Waals surface area contributed by atoms with Crippen molar-refractivity contribution in [3.63, 3.8) is 0 Å². The summed E-state index contributed by atoms with van der Waals surface area (Å²) in [6, 6.07) is 0. The maximum absolute atomic E-state index is 3.36. The Labute approximate surface area is 81.7 Å². The van der Waals surface area contributed by atoms with Gasteiger partial charge in [-0.05, 0) is 43.8 Å². The van der Waals surface area contributed by atoms with Gasteiger partial charge in [0, 0.05) is 13.1 Å². The van der Waals surface area contributed by atoms with Crippen molar-refractivity contribution in [1.82, 2.24) is 10.2 Å². The Hall–Kier alpha value is -0.0800. The van der Waals surface area contributed by atoms with Crippen molar-refractivity contribution in [2.75, 3.05) is 32.7 Å². The summed E-state index contributed by atoms with van der Waals surface area (Å²) in [6.07, 6.45) is 1.41. The van der Waals surface area contributed by atoms with Gasteiger partial charge in [0.2, 0.25) is 0 Å². The topological polar surface area (TPSA) is 15.3 Å². The molecule has 0 aliphatic carbocycles. The first-order valence-electron chi connectivity index (χ1n) is 5.69. The molecule has 0 saturated carbocycles. The standard InChI is InChI=1S/C11H22N2/c1-9-3-4-13(7-9)8-10(2)11-5-12-6-11/h9-12H,3-8H2,1-2H3. The molecular formula is C11H22N2. The smallest absolute Gasteiger partial charge is 0.00107 e. The minimum atomic E-state index is 0.895. The maximum Gasteiger partial charge on any atom is 0.00107 e. The van der Waals surface area contributed by atoms with Gasteiger partial charge in [0.15, 0.2) is 0 Å². The first-order chi connectivity index (χ1) is 6.25. The third-order valence-electron chi connectivity index (χ3n) is 3.67. The minimum absolute atomic E-state index is 0.895. The Morgan fingerprint density at radius 3 is 2.69 bits per heavy atom. The predicted molar refractivity (Wildman–Crippen MR) is 55.7 cm³/mol. The predicted octanol–water partition coefficient (Wildman–Crippen LogP) is 1.18. The van der Waals surface area contributed by atoms with E-state index in [0.717, 1.165) is 17.8 Å². The van der Waals surface area contributed by atoms with Crippen LogP contribution in [0.4, 0.5) is 0 Å². The van der Waals surface area contributed by atoms with Crippen molar-refractivity contribution in [3.8, 4) is 0 Å². The number of hydrogen-bond donors (Lipinski definition) is 1. The maximum atomic E-state index is 3.36. The van der Waals surface area contributed by atoms with Crippen LogP contribution in [0.15, 0.2) is 0 Å². The summed E-state index contributed by atoms with van der Waals surface area (Å²) >= 11 is 0. The van der Waals surface area contributed by atoms with E-state index in [9.17, 15) is 0 Å². The highest BCUT2D eigenvalue weighted by Crippen LogP contribution is 2.21. The van der Waals surface area contributed by atoms with Gasteiger partial charge in [-0.1, -0.05) is 13.8 Å². The van der Waals surface area contributed by atoms with Crippen molar-refractivity contribution >= 4 is 0 Å². The zero-order chi connectivity index (χ0) is 9.26. The lowest BCUT2D eigenvalue weighted by atomic mass is 9.88. The Morgan fingerprint density at radius 2 is 2.23 bits per heavy atom. The summed E-state index contributed by atoms with van der Waals surface area (Å²) in [5.74, 6) is 2.79. The molecule has 76 valence electrons. The molecule has 0 amide bonds. The molecule has 0 aromatic carbocycles. The fourth-order valence-corrected chi connectivity index (χ4v) is 2.46. The molecule has 2 saturated heterocycles. The zero-order valence-electron chi connectivity index (χ0n) is 8.92. The Balaban J connectivity index is 1.71. The van der Waals surface area contributed by atoms with Crippen molar-refractivity contribution < 1.29 is 0 Å². The molecule has 2 rings (SSSR count). The lowest BCUT2D eigenvalue weighted by Gasteiger charge is -2.34. The van der Waals surface area contributed by atoms with E-state index in [2.05, 4.69) is 24.1 Å². The third-order valence-corrected chi connectivity index (χ3v) is 3.67. The molecule has 0 radical (unpaired) electrons. The van der Waals surface area contributed by atoms with E-state index in [1.807, 2.05) is 0 Å². The molecule has 2 atom stereocenters. The Bertz CT molecular complexity index is 165. The van der Waals surface area contributed by atoms with Crippen molar-refractivity contribution in [2.45, 2.75) is 20.3 Å². The fourth-order valence-electron chi connectivity index (χ4n) is 2.46. The van der Waals surface area contributed by atoms with E-state index in [4.69, 9.17) is 0 Å². The second-order valence-electron chi connectivity index (χ2n) is 5.05. The summed E-state index contributed by atoms with van der Waals surface area (Å²) in [5, 5.41) is 3.36. The summed E-state index contributed by atoms with van der Waals surface area (Å²) in [4.78, 5) is 2.65. The van der Waals surface area contributed by atoms with Gasteiger partial charge >= 0.3 is 0 Å². The van der Waals surface area contributed by atoms with E-state index in [1.165, 1.54) is 39.1 Å². The lowest BCUT2D eigenvalue weighted by molar-refractivity contribution is 0.183. The molecular weight excluding hydrogens is 160 g/mol. The molecule has 0 bridgehead atoms. The highest BCUT2D eigenvalue weighted by atomic mass is 15.1. The van der Waals surface area contributed by atoms with Gasteiger partial charge in [-0.15, -0.1) is 0 Å². The average molecular weight is 182 g/mol. The molecule has 2 fully saturated rings. The molecule has 0 aromatic heterocycles. The van der Waals surface area contributed by atoms with E-state index < -0.39 is 0 Å². The van der Waals surface area contributed by atoms with Crippen LogP contribution in [0.25, 0.3) is 0 Å². The molecule has 13 heavy (non-hydrogen) atoms. The number of nitrogens with one attached hydrogen (secondary N) is 1. The van der Waals surface area contributed by atoms with Gasteiger partial charge in [0.25, 0.3) is 0 Å². The first-order valence-corrected chi connectivity index (χ1v) is 5.69. The van der Waals surface area contributed by atoms with Crippen LogP contribution in [-0.2, 0) is 0 Å². The van der Waals surface area contributed by atoms with E-state index in [-0.39, 0.29) is 0 Å². The van der Waals surface area contributed by atoms with Crippen molar-refractivity contribution in [1.29, 1.82) is 0 Å². The summed E-state index contributed by atoms with van der Waals surface area (Å²) in [6.45, 7) is 11.3. The van der Waals surface area contributed by atoms with Crippen LogP contribution < -0.4 is 5.32 Å². The fraction of sp³-hybridized carbons (Fsp3) is 1.00. The average Bonchev–Trinajstić information content (AvgIpc) is 2.31. The van der Waals surface area contributed by atoms with Crippen molar-refractivity contribution in [3.05, 3.63) is 0 Å². The number of likely N-dealkylation sites (tertiary alicyclic amines) is 1. The second kappa shape index (κ2) is 3.97. The van der Waals surface area contributed by atoms with E-state index >= 15 is 0 Å². The minimum Gasteiger partial charge on any atom is -0.316 e. The Morgan fingerprint density at radius 1 is 1.46 bits per heavy atom. The molecule has 2 heteroatoms. The second-order valence-corrected chi connectivity index (χ2v) is 5.05. The van der Waals surface area contributed by atoms with Crippen LogP contribution in [0.2, 0.25) is 0 Å². The quantitative estimate of drug-likeness (QED) is 0.705. The Kier molecular flexibility index (Phi) is 2.89. The van der Waals surface area contributed by atoms with Crippen LogP contribution in [-0.4, -0.2) is 37.6 Å². The van der Waals surface area contributed by atoms with Gasteiger partial charge in [-0.25, -0.2) is 0 Å². The lowest BCUT2D eigenvalue weighted by Crippen LogP contribution is -2.48. The van der Waals surface area contributed by atoms with Gasteiger partial charge < -0.3 is 10.2 Å². The SMILES string of the molecule is CC1CCN(CC(C)C2CNC2)C1. The summed E-state index contributed by atoms with van der Waals surface area (Å²) < 4.78 is 0. The van der Waals surface area contributed by atoms with Gasteiger partial charge in [-0.3, -0.25) is 0 Å². The van der Waals surface area contributed by atoms with E-state index in [0.29, 0.717) is 0 Å². The van der Waals surface area contributed by atoms with Crippen LogP contribution in [0, 0.1) is 17.8 Å². The molecule has 2 aliphatic heterocycles. The number of nitrogens with zero attached hydrogens (tertiary/aromatic N) is 1. The zero-order valence-corrected chi connectivity index (χ0v) is 8.92. The van der Waals surface area contributed by atoms with Gasteiger partial charge in [-0.2, -0.15) is 0 Å². The molecule has 2 unspecified atom stereocenters. The highest BCUT2D eigenvalue weighted by Gasteiger charge is 2.27. The monoisotopic (exact) mass is 182 g/mol. The largest absolute Gasteiger partial charge is 0.316 e. The molecule has 0 aromatic rings.